The summed E-state index contributed by atoms with van der Waals surface area (Å²) < 4.78 is 5.30. The van der Waals surface area contributed by atoms with E-state index >= 15 is 0 Å². The quantitative estimate of drug-likeness (QED) is 0.860. The maximum absolute atomic E-state index is 12.4. The Morgan fingerprint density at radius 1 is 0.909 bits per heavy atom. The first-order valence-corrected chi connectivity index (χ1v) is 8.51. The molecule has 0 spiro atoms. The number of hydrogen-bond donors (Lipinski definition) is 0. The third-order valence-electron chi connectivity index (χ3n) is 4.60. The fraction of sp³-hybridized carbons (Fsp3) is 0.611. The smallest absolute Gasteiger partial charge is 0.254 e. The van der Waals surface area contributed by atoms with Gasteiger partial charge in [-0.1, -0.05) is 25.0 Å². The van der Waals surface area contributed by atoms with E-state index in [9.17, 15) is 4.79 Å². The van der Waals surface area contributed by atoms with Gasteiger partial charge in [-0.25, -0.2) is 0 Å². The SMILES string of the molecule is O=C(c1ccc(CN2CCCCCC2)cc1)N1CCOCC1. The summed E-state index contributed by atoms with van der Waals surface area (Å²) in [5.74, 6) is 0.129. The van der Waals surface area contributed by atoms with Crippen molar-refractivity contribution in [1.82, 2.24) is 9.80 Å². The molecule has 2 aliphatic heterocycles. The van der Waals surface area contributed by atoms with Crippen LogP contribution >= 0.6 is 0 Å². The normalized spacial score (nSPS) is 20.6. The highest BCUT2D eigenvalue weighted by atomic mass is 16.5. The lowest BCUT2D eigenvalue weighted by Crippen LogP contribution is -2.40. The zero-order valence-electron chi connectivity index (χ0n) is 13.3. The van der Waals surface area contributed by atoms with Gasteiger partial charge in [-0.2, -0.15) is 0 Å². The second kappa shape index (κ2) is 7.75. The van der Waals surface area contributed by atoms with E-state index in [1.165, 1.54) is 44.3 Å². The van der Waals surface area contributed by atoms with E-state index in [1.54, 1.807) is 0 Å². The molecule has 120 valence electrons. The number of likely N-dealkylation sites (tertiary alicyclic amines) is 1. The number of hydrogen-bond acceptors (Lipinski definition) is 3. The Morgan fingerprint density at radius 3 is 2.18 bits per heavy atom. The van der Waals surface area contributed by atoms with Crippen LogP contribution in [-0.2, 0) is 11.3 Å². The van der Waals surface area contributed by atoms with E-state index in [4.69, 9.17) is 4.74 Å². The molecule has 1 aromatic carbocycles. The van der Waals surface area contributed by atoms with Gasteiger partial charge in [-0.15, -0.1) is 0 Å². The summed E-state index contributed by atoms with van der Waals surface area (Å²) in [6, 6.07) is 8.17. The molecule has 1 amide bonds. The van der Waals surface area contributed by atoms with E-state index in [0.717, 1.165) is 12.1 Å². The average molecular weight is 302 g/mol. The maximum Gasteiger partial charge on any atom is 0.254 e. The Labute approximate surface area is 133 Å². The van der Waals surface area contributed by atoms with Crippen molar-refractivity contribution in [2.24, 2.45) is 0 Å². The standard InChI is InChI=1S/C18H26N2O2/c21-18(20-11-13-22-14-12-20)17-7-5-16(6-8-17)15-19-9-3-1-2-4-10-19/h5-8H,1-4,9-15H2. The molecule has 3 rings (SSSR count). The highest BCUT2D eigenvalue weighted by molar-refractivity contribution is 5.94. The van der Waals surface area contributed by atoms with Crippen molar-refractivity contribution < 1.29 is 9.53 Å². The van der Waals surface area contributed by atoms with Crippen LogP contribution in [0.25, 0.3) is 0 Å². The van der Waals surface area contributed by atoms with Gasteiger partial charge in [-0.3, -0.25) is 9.69 Å². The maximum atomic E-state index is 12.4. The molecule has 0 aromatic heterocycles. The molecule has 0 saturated carbocycles. The number of benzene rings is 1. The zero-order chi connectivity index (χ0) is 15.2. The predicted molar refractivity (Wildman–Crippen MR) is 86.9 cm³/mol. The highest BCUT2D eigenvalue weighted by Crippen LogP contribution is 2.15. The number of morpholine rings is 1. The minimum Gasteiger partial charge on any atom is -0.378 e. The van der Waals surface area contributed by atoms with Crippen LogP contribution in [0.15, 0.2) is 24.3 Å². The summed E-state index contributed by atoms with van der Waals surface area (Å²) in [4.78, 5) is 16.8. The molecule has 2 saturated heterocycles. The molecule has 1 aromatic rings. The zero-order valence-corrected chi connectivity index (χ0v) is 13.3. The van der Waals surface area contributed by atoms with Crippen molar-refractivity contribution in [3.05, 3.63) is 35.4 Å². The molecule has 0 unspecified atom stereocenters. The Morgan fingerprint density at radius 2 is 1.55 bits per heavy atom. The molecule has 0 aliphatic carbocycles. The molecule has 0 radical (unpaired) electrons. The van der Waals surface area contributed by atoms with Gasteiger partial charge in [-0.05, 0) is 43.6 Å². The molecule has 0 N–H and O–H groups in total. The summed E-state index contributed by atoms with van der Waals surface area (Å²) in [6.07, 6.45) is 5.36. The van der Waals surface area contributed by atoms with Crippen LogP contribution in [0, 0.1) is 0 Å². The lowest BCUT2D eigenvalue weighted by atomic mass is 10.1. The molecule has 4 nitrogen and oxygen atoms in total. The summed E-state index contributed by atoms with van der Waals surface area (Å²) in [7, 11) is 0. The molecule has 4 heteroatoms. The first kappa shape index (κ1) is 15.5. The molecule has 0 atom stereocenters. The molecule has 2 aliphatic rings. The van der Waals surface area contributed by atoms with Gasteiger partial charge in [0, 0.05) is 25.2 Å². The number of rotatable bonds is 3. The fourth-order valence-corrected chi connectivity index (χ4v) is 3.25. The van der Waals surface area contributed by atoms with Crippen LogP contribution < -0.4 is 0 Å². The molecular weight excluding hydrogens is 276 g/mol. The van der Waals surface area contributed by atoms with Gasteiger partial charge in [0.2, 0.25) is 0 Å². The summed E-state index contributed by atoms with van der Waals surface area (Å²) >= 11 is 0. The van der Waals surface area contributed by atoms with Crippen LogP contribution in [0.1, 0.15) is 41.6 Å². The lowest BCUT2D eigenvalue weighted by Gasteiger charge is -2.27. The van der Waals surface area contributed by atoms with Crippen LogP contribution in [-0.4, -0.2) is 55.1 Å². The second-order valence-electron chi connectivity index (χ2n) is 6.29. The van der Waals surface area contributed by atoms with E-state index in [-0.39, 0.29) is 5.91 Å². The first-order valence-electron chi connectivity index (χ1n) is 8.51. The van der Waals surface area contributed by atoms with Gasteiger partial charge >= 0.3 is 0 Å². The third-order valence-corrected chi connectivity index (χ3v) is 4.60. The first-order chi connectivity index (χ1) is 10.8. The number of carbonyl (C=O) groups excluding carboxylic acids is 1. The Kier molecular flexibility index (Phi) is 5.46. The largest absolute Gasteiger partial charge is 0.378 e. The van der Waals surface area contributed by atoms with Crippen LogP contribution in [0.3, 0.4) is 0 Å². The van der Waals surface area contributed by atoms with Crippen LogP contribution in [0.2, 0.25) is 0 Å². The number of ether oxygens (including phenoxy) is 1. The van der Waals surface area contributed by atoms with Crippen molar-refractivity contribution in [3.8, 4) is 0 Å². The molecule has 22 heavy (non-hydrogen) atoms. The topological polar surface area (TPSA) is 32.8 Å². The number of amides is 1. The van der Waals surface area contributed by atoms with E-state index in [2.05, 4.69) is 17.0 Å². The van der Waals surface area contributed by atoms with Gasteiger partial charge in [0.25, 0.3) is 5.91 Å². The molecule has 2 fully saturated rings. The van der Waals surface area contributed by atoms with Gasteiger partial charge < -0.3 is 9.64 Å². The van der Waals surface area contributed by atoms with Crippen molar-refractivity contribution in [2.75, 3.05) is 39.4 Å². The van der Waals surface area contributed by atoms with Crippen molar-refractivity contribution in [3.63, 3.8) is 0 Å². The monoisotopic (exact) mass is 302 g/mol. The van der Waals surface area contributed by atoms with Crippen molar-refractivity contribution in [2.45, 2.75) is 32.2 Å². The van der Waals surface area contributed by atoms with E-state index in [1.807, 2.05) is 17.0 Å². The third kappa shape index (κ3) is 4.08. The number of carbonyl (C=O) groups is 1. The van der Waals surface area contributed by atoms with Gasteiger partial charge in [0.15, 0.2) is 0 Å². The fourth-order valence-electron chi connectivity index (χ4n) is 3.25. The summed E-state index contributed by atoms with van der Waals surface area (Å²) in [6.45, 7) is 6.12. The summed E-state index contributed by atoms with van der Waals surface area (Å²) in [5, 5.41) is 0. The number of nitrogens with zero attached hydrogens (tertiary/aromatic N) is 2. The molecule has 0 bridgehead atoms. The van der Waals surface area contributed by atoms with Gasteiger partial charge in [0.1, 0.15) is 0 Å². The minimum atomic E-state index is 0.129. The highest BCUT2D eigenvalue weighted by Gasteiger charge is 2.18. The van der Waals surface area contributed by atoms with E-state index in [0.29, 0.717) is 26.3 Å². The average Bonchev–Trinajstić information content (AvgIpc) is 2.84. The van der Waals surface area contributed by atoms with Crippen LogP contribution in [0.4, 0.5) is 0 Å². The minimum absolute atomic E-state index is 0.129. The summed E-state index contributed by atoms with van der Waals surface area (Å²) in [5.41, 5.74) is 2.10. The van der Waals surface area contributed by atoms with Crippen molar-refractivity contribution >= 4 is 5.91 Å². The predicted octanol–water partition coefficient (Wildman–Crippen LogP) is 2.54. The Balaban J connectivity index is 1.58. The second-order valence-corrected chi connectivity index (χ2v) is 6.29. The molecular formula is C18H26N2O2. The Bertz CT molecular complexity index is 472. The van der Waals surface area contributed by atoms with Gasteiger partial charge in [0.05, 0.1) is 13.2 Å². The van der Waals surface area contributed by atoms with E-state index < -0.39 is 0 Å². The Hall–Kier alpha value is -1.39. The lowest BCUT2D eigenvalue weighted by molar-refractivity contribution is 0.0303. The molecule has 2 heterocycles. The van der Waals surface area contributed by atoms with Crippen molar-refractivity contribution in [1.29, 1.82) is 0 Å². The van der Waals surface area contributed by atoms with Crippen LogP contribution in [0.5, 0.6) is 0 Å².